The molecule has 0 N–H and O–H groups in total. The molecule has 1 amide bonds. The van der Waals surface area contributed by atoms with E-state index in [1.54, 1.807) is 29.4 Å². The summed E-state index contributed by atoms with van der Waals surface area (Å²) in [5.41, 5.74) is 3.28. The van der Waals surface area contributed by atoms with Crippen LogP contribution in [0, 0.1) is 0 Å². The largest absolute Gasteiger partial charge is 0.379 e. The van der Waals surface area contributed by atoms with Crippen molar-refractivity contribution in [3.05, 3.63) is 83.7 Å². The second kappa shape index (κ2) is 10.7. The van der Waals surface area contributed by atoms with Crippen LogP contribution in [0.2, 0.25) is 0 Å². The van der Waals surface area contributed by atoms with Crippen LogP contribution in [0.15, 0.2) is 71.9 Å². The zero-order valence-electron chi connectivity index (χ0n) is 20.7. The Morgan fingerprint density at radius 1 is 1.08 bits per heavy atom. The van der Waals surface area contributed by atoms with E-state index >= 15 is 0 Å². The second-order valence-electron chi connectivity index (χ2n) is 9.14. The van der Waals surface area contributed by atoms with Crippen molar-refractivity contribution in [2.45, 2.75) is 31.2 Å². The van der Waals surface area contributed by atoms with Gasteiger partial charge in [0, 0.05) is 31.0 Å². The summed E-state index contributed by atoms with van der Waals surface area (Å²) in [5.74, 6) is 0.0337. The van der Waals surface area contributed by atoms with Gasteiger partial charge < -0.3 is 4.74 Å². The Morgan fingerprint density at radius 3 is 2.51 bits per heavy atom. The summed E-state index contributed by atoms with van der Waals surface area (Å²) in [6.45, 7) is 5.92. The minimum absolute atomic E-state index is 0.159. The number of para-hydroxylation sites is 1. The van der Waals surface area contributed by atoms with E-state index in [9.17, 15) is 13.2 Å². The molecule has 3 heterocycles. The van der Waals surface area contributed by atoms with Crippen LogP contribution >= 0.6 is 11.3 Å². The molecule has 2 aromatic heterocycles. The monoisotopic (exact) mass is 536 g/mol. The van der Waals surface area contributed by atoms with E-state index in [0.29, 0.717) is 42.9 Å². The number of hydrogen-bond donors (Lipinski definition) is 0. The molecule has 0 unspecified atom stereocenters. The van der Waals surface area contributed by atoms with Gasteiger partial charge in [0.15, 0.2) is 5.13 Å². The van der Waals surface area contributed by atoms with Crippen molar-refractivity contribution in [3.63, 3.8) is 0 Å². The number of anilines is 1. The lowest BCUT2D eigenvalue weighted by Gasteiger charge is -2.26. The van der Waals surface area contributed by atoms with Gasteiger partial charge in [-0.15, -0.1) is 0 Å². The van der Waals surface area contributed by atoms with Crippen LogP contribution < -0.4 is 4.90 Å². The summed E-state index contributed by atoms with van der Waals surface area (Å²) in [6, 6.07) is 16.0. The first-order chi connectivity index (χ1) is 17.8. The first-order valence-electron chi connectivity index (χ1n) is 12.1. The Labute approximate surface area is 220 Å². The van der Waals surface area contributed by atoms with Gasteiger partial charge in [-0.1, -0.05) is 43.4 Å². The number of pyridine rings is 1. The van der Waals surface area contributed by atoms with Crippen LogP contribution in [0.5, 0.6) is 0 Å². The number of amides is 1. The van der Waals surface area contributed by atoms with Crippen LogP contribution in [0.1, 0.15) is 41.3 Å². The van der Waals surface area contributed by atoms with Crippen LogP contribution in [-0.4, -0.2) is 54.9 Å². The number of ether oxygens (including phenoxy) is 1. The Morgan fingerprint density at radius 2 is 1.84 bits per heavy atom. The lowest BCUT2D eigenvalue weighted by molar-refractivity contribution is 0.0730. The highest BCUT2D eigenvalue weighted by Crippen LogP contribution is 2.35. The molecular weight excluding hydrogens is 508 g/mol. The van der Waals surface area contributed by atoms with Crippen molar-refractivity contribution in [3.8, 4) is 0 Å². The topological polar surface area (TPSA) is 92.7 Å². The predicted molar refractivity (Wildman–Crippen MR) is 144 cm³/mol. The quantitative estimate of drug-likeness (QED) is 0.341. The van der Waals surface area contributed by atoms with E-state index in [1.807, 2.05) is 24.3 Å². The number of benzene rings is 2. The van der Waals surface area contributed by atoms with Gasteiger partial charge in [0.1, 0.15) is 0 Å². The third-order valence-electron chi connectivity index (χ3n) is 6.31. The van der Waals surface area contributed by atoms with E-state index in [4.69, 9.17) is 9.72 Å². The van der Waals surface area contributed by atoms with Gasteiger partial charge in [0.25, 0.3) is 5.91 Å². The number of carbonyl (C=O) groups excluding carboxylic acids is 1. The molecule has 1 fully saturated rings. The Kier molecular flexibility index (Phi) is 7.34. The van der Waals surface area contributed by atoms with E-state index in [0.717, 1.165) is 21.3 Å². The number of nitrogens with zero attached hydrogens (tertiary/aromatic N) is 4. The van der Waals surface area contributed by atoms with E-state index in [1.165, 1.54) is 27.8 Å². The zero-order valence-corrected chi connectivity index (χ0v) is 22.3. The molecule has 4 aromatic rings. The number of rotatable bonds is 7. The van der Waals surface area contributed by atoms with Crippen molar-refractivity contribution in [1.82, 2.24) is 14.3 Å². The van der Waals surface area contributed by atoms with Crippen LogP contribution in [0.3, 0.4) is 0 Å². The van der Waals surface area contributed by atoms with Crippen molar-refractivity contribution in [2.24, 2.45) is 0 Å². The molecule has 1 saturated heterocycles. The fraction of sp³-hybridized carbons (Fsp3) is 0.296. The van der Waals surface area contributed by atoms with E-state index in [2.05, 4.69) is 24.9 Å². The van der Waals surface area contributed by atoms with Gasteiger partial charge in [0.05, 0.1) is 34.9 Å². The lowest BCUT2D eigenvalue weighted by atomic mass is 10.0. The number of hydrogen-bond acceptors (Lipinski definition) is 7. The summed E-state index contributed by atoms with van der Waals surface area (Å²) in [5, 5.41) is 0.585. The van der Waals surface area contributed by atoms with E-state index in [-0.39, 0.29) is 17.3 Å². The van der Waals surface area contributed by atoms with Gasteiger partial charge >= 0.3 is 0 Å². The molecule has 0 atom stereocenters. The molecule has 5 rings (SSSR count). The smallest absolute Gasteiger partial charge is 0.260 e. The van der Waals surface area contributed by atoms with Crippen LogP contribution in [-0.2, 0) is 21.3 Å². The maximum absolute atomic E-state index is 13.8. The summed E-state index contributed by atoms with van der Waals surface area (Å²) < 4.78 is 33.7. The molecule has 2 aromatic carbocycles. The molecular formula is C27H28N4O4S2. The normalized spacial score (nSPS) is 14.8. The maximum atomic E-state index is 13.8. The molecule has 1 aliphatic heterocycles. The number of aromatic nitrogens is 2. The van der Waals surface area contributed by atoms with Gasteiger partial charge in [-0.3, -0.25) is 14.7 Å². The lowest BCUT2D eigenvalue weighted by Crippen LogP contribution is -2.40. The molecule has 10 heteroatoms. The first-order valence-corrected chi connectivity index (χ1v) is 14.4. The Balaban J connectivity index is 1.49. The molecule has 37 heavy (non-hydrogen) atoms. The number of carbonyl (C=O) groups is 1. The van der Waals surface area contributed by atoms with Gasteiger partial charge in [-0.2, -0.15) is 4.31 Å². The highest BCUT2D eigenvalue weighted by atomic mass is 32.2. The summed E-state index contributed by atoms with van der Waals surface area (Å²) in [6.07, 6.45) is 3.42. The fourth-order valence-corrected chi connectivity index (χ4v) is 6.71. The molecule has 8 nitrogen and oxygen atoms in total. The number of thiazole rings is 1. The van der Waals surface area contributed by atoms with E-state index < -0.39 is 10.0 Å². The van der Waals surface area contributed by atoms with Crippen molar-refractivity contribution in [2.75, 3.05) is 31.2 Å². The first kappa shape index (κ1) is 25.5. The standard InChI is InChI=1S/C27H28N4O4S2/c1-19(2)23-6-3-7-24-25(23)29-27(36-24)31(18-20-5-4-12-28-17-20)26(32)21-8-10-22(11-9-21)37(33,34)30-13-15-35-16-14-30/h3-12,17,19H,13-16,18H2,1-2H3. The molecule has 0 aliphatic carbocycles. The Hall–Kier alpha value is -3.18. The third-order valence-corrected chi connectivity index (χ3v) is 9.27. The molecule has 1 aliphatic rings. The van der Waals surface area contributed by atoms with Crippen molar-refractivity contribution < 1.29 is 17.9 Å². The highest BCUT2D eigenvalue weighted by molar-refractivity contribution is 7.89. The highest BCUT2D eigenvalue weighted by Gasteiger charge is 2.27. The Bertz CT molecular complexity index is 1500. The zero-order chi connectivity index (χ0) is 26.0. The summed E-state index contributed by atoms with van der Waals surface area (Å²) in [4.78, 5) is 24.7. The van der Waals surface area contributed by atoms with Gasteiger partial charge in [-0.25, -0.2) is 13.4 Å². The molecule has 0 saturated carbocycles. The predicted octanol–water partition coefficient (Wildman–Crippen LogP) is 4.68. The summed E-state index contributed by atoms with van der Waals surface area (Å²) >= 11 is 1.46. The van der Waals surface area contributed by atoms with Crippen LogP contribution in [0.4, 0.5) is 5.13 Å². The number of fused-ring (bicyclic) bond motifs is 1. The van der Waals surface area contributed by atoms with Gasteiger partial charge in [-0.05, 0) is 53.4 Å². The molecule has 0 radical (unpaired) electrons. The van der Waals surface area contributed by atoms with Crippen LogP contribution in [0.25, 0.3) is 10.2 Å². The third kappa shape index (κ3) is 5.28. The molecule has 0 bridgehead atoms. The maximum Gasteiger partial charge on any atom is 0.260 e. The van der Waals surface area contributed by atoms with Gasteiger partial charge in [0.2, 0.25) is 10.0 Å². The minimum atomic E-state index is -3.65. The second-order valence-corrected chi connectivity index (χ2v) is 12.1. The summed E-state index contributed by atoms with van der Waals surface area (Å²) in [7, 11) is -3.65. The van der Waals surface area contributed by atoms with Crippen molar-refractivity contribution >= 4 is 42.6 Å². The molecule has 0 spiro atoms. The average Bonchev–Trinajstić information content (AvgIpc) is 3.36. The number of sulfonamides is 1. The fourth-order valence-electron chi connectivity index (χ4n) is 4.30. The van der Waals surface area contributed by atoms with Crippen molar-refractivity contribution in [1.29, 1.82) is 0 Å². The average molecular weight is 537 g/mol. The number of morpholine rings is 1. The molecule has 192 valence electrons. The minimum Gasteiger partial charge on any atom is -0.379 e. The SMILES string of the molecule is CC(C)c1cccc2sc(N(Cc3cccnc3)C(=O)c3ccc(S(=O)(=O)N4CCOCC4)cc3)nc12.